The van der Waals surface area contributed by atoms with Crippen molar-refractivity contribution in [1.82, 2.24) is 14.6 Å². The Labute approximate surface area is 172 Å². The maximum absolute atomic E-state index is 5.57. The second kappa shape index (κ2) is 8.41. The molecule has 1 fully saturated rings. The average Bonchev–Trinajstić information content (AvgIpc) is 3.18. The molecule has 1 aliphatic rings. The molecule has 1 aliphatic heterocycles. The zero-order valence-electron chi connectivity index (χ0n) is 17.7. The standard InChI is InChI=1S/C23H30N4O2/c1-5-18-15(2)24-22-14-20(17-10-12-29-13-11-17)26-27(22)23(18)25-16(3)19-8-6-7-9-21(19)28-4/h6-9,14,16-17,25H,5,10-13H2,1-4H3. The predicted molar refractivity (Wildman–Crippen MR) is 115 cm³/mol. The molecule has 3 heterocycles. The first-order valence-electron chi connectivity index (χ1n) is 10.5. The minimum Gasteiger partial charge on any atom is -0.496 e. The van der Waals surface area contributed by atoms with E-state index in [-0.39, 0.29) is 6.04 Å². The van der Waals surface area contributed by atoms with Gasteiger partial charge in [0.05, 0.1) is 18.8 Å². The summed E-state index contributed by atoms with van der Waals surface area (Å²) in [5.74, 6) is 2.35. The number of anilines is 1. The Hall–Kier alpha value is -2.60. The van der Waals surface area contributed by atoms with Crippen LogP contribution in [0.25, 0.3) is 5.65 Å². The minimum atomic E-state index is 0.0668. The first-order chi connectivity index (χ1) is 14.1. The topological polar surface area (TPSA) is 60.7 Å². The van der Waals surface area contributed by atoms with E-state index in [4.69, 9.17) is 19.6 Å². The van der Waals surface area contributed by atoms with Crippen LogP contribution in [0, 0.1) is 6.92 Å². The van der Waals surface area contributed by atoms with E-state index < -0.39 is 0 Å². The van der Waals surface area contributed by atoms with E-state index in [0.29, 0.717) is 5.92 Å². The van der Waals surface area contributed by atoms with E-state index in [0.717, 1.165) is 66.6 Å². The largest absolute Gasteiger partial charge is 0.496 e. The number of ether oxygens (including phenoxy) is 2. The molecule has 6 nitrogen and oxygen atoms in total. The van der Waals surface area contributed by atoms with Crippen molar-refractivity contribution in [3.8, 4) is 5.75 Å². The molecule has 29 heavy (non-hydrogen) atoms. The molecular formula is C23H30N4O2. The number of hydrogen-bond donors (Lipinski definition) is 1. The third-order valence-corrected chi connectivity index (χ3v) is 5.88. The van der Waals surface area contributed by atoms with Crippen molar-refractivity contribution in [2.45, 2.75) is 52.0 Å². The molecule has 4 rings (SSSR count). The number of nitrogens with zero attached hydrogens (tertiary/aromatic N) is 3. The number of aromatic nitrogens is 3. The molecule has 0 spiro atoms. The van der Waals surface area contributed by atoms with Gasteiger partial charge in [-0.15, -0.1) is 0 Å². The second-order valence-corrected chi connectivity index (χ2v) is 7.71. The highest BCUT2D eigenvalue weighted by atomic mass is 16.5. The van der Waals surface area contributed by atoms with Crippen LogP contribution in [0.2, 0.25) is 0 Å². The first kappa shape index (κ1) is 19.7. The molecule has 0 aliphatic carbocycles. The molecule has 0 radical (unpaired) electrons. The maximum Gasteiger partial charge on any atom is 0.157 e. The van der Waals surface area contributed by atoms with E-state index >= 15 is 0 Å². The normalized spacial score (nSPS) is 16.1. The van der Waals surface area contributed by atoms with Gasteiger partial charge in [0.1, 0.15) is 11.6 Å². The lowest BCUT2D eigenvalue weighted by Gasteiger charge is -2.22. The summed E-state index contributed by atoms with van der Waals surface area (Å²) in [5.41, 5.74) is 5.38. The molecule has 1 aromatic carbocycles. The molecule has 1 atom stereocenters. The lowest BCUT2D eigenvalue weighted by molar-refractivity contribution is 0.0844. The van der Waals surface area contributed by atoms with Gasteiger partial charge in [0.25, 0.3) is 0 Å². The van der Waals surface area contributed by atoms with Gasteiger partial charge in [-0.1, -0.05) is 25.1 Å². The quantitative estimate of drug-likeness (QED) is 0.658. The van der Waals surface area contributed by atoms with Crippen LogP contribution >= 0.6 is 0 Å². The Morgan fingerprint density at radius 3 is 2.76 bits per heavy atom. The van der Waals surface area contributed by atoms with Gasteiger partial charge in [0, 0.05) is 42.0 Å². The van der Waals surface area contributed by atoms with Crippen LogP contribution in [0.5, 0.6) is 5.75 Å². The molecule has 3 aromatic rings. The van der Waals surface area contributed by atoms with Crippen molar-refractivity contribution in [3.05, 3.63) is 52.8 Å². The van der Waals surface area contributed by atoms with Crippen LogP contribution < -0.4 is 10.1 Å². The highest BCUT2D eigenvalue weighted by Gasteiger charge is 2.22. The predicted octanol–water partition coefficient (Wildman–Crippen LogP) is 4.68. The van der Waals surface area contributed by atoms with Crippen molar-refractivity contribution in [2.75, 3.05) is 25.6 Å². The lowest BCUT2D eigenvalue weighted by atomic mass is 9.97. The highest BCUT2D eigenvalue weighted by molar-refractivity contribution is 5.57. The lowest BCUT2D eigenvalue weighted by Crippen LogP contribution is -2.16. The molecule has 0 saturated carbocycles. The summed E-state index contributed by atoms with van der Waals surface area (Å²) in [7, 11) is 1.71. The maximum atomic E-state index is 5.57. The van der Waals surface area contributed by atoms with Crippen LogP contribution in [0.1, 0.15) is 61.2 Å². The van der Waals surface area contributed by atoms with Crippen molar-refractivity contribution in [3.63, 3.8) is 0 Å². The monoisotopic (exact) mass is 394 g/mol. The van der Waals surface area contributed by atoms with E-state index in [2.05, 4.69) is 38.2 Å². The number of benzene rings is 1. The molecule has 6 heteroatoms. The number of aryl methyl sites for hydroxylation is 1. The zero-order valence-corrected chi connectivity index (χ0v) is 17.7. The fraction of sp³-hybridized carbons (Fsp3) is 0.478. The smallest absolute Gasteiger partial charge is 0.157 e. The van der Waals surface area contributed by atoms with Crippen molar-refractivity contribution in [2.24, 2.45) is 0 Å². The summed E-state index contributed by atoms with van der Waals surface area (Å²) >= 11 is 0. The fourth-order valence-electron chi connectivity index (χ4n) is 4.24. The van der Waals surface area contributed by atoms with Crippen molar-refractivity contribution in [1.29, 1.82) is 0 Å². The number of hydrogen-bond acceptors (Lipinski definition) is 5. The van der Waals surface area contributed by atoms with Crippen LogP contribution in [-0.2, 0) is 11.2 Å². The number of fused-ring (bicyclic) bond motifs is 1. The number of rotatable bonds is 6. The van der Waals surface area contributed by atoms with Gasteiger partial charge in [-0.05, 0) is 39.2 Å². The van der Waals surface area contributed by atoms with Gasteiger partial charge < -0.3 is 14.8 Å². The average molecular weight is 395 g/mol. The van der Waals surface area contributed by atoms with Crippen LogP contribution in [-0.4, -0.2) is 34.9 Å². The Bertz CT molecular complexity index is 992. The fourth-order valence-corrected chi connectivity index (χ4v) is 4.24. The van der Waals surface area contributed by atoms with E-state index in [1.807, 2.05) is 22.7 Å². The van der Waals surface area contributed by atoms with Crippen LogP contribution in [0.3, 0.4) is 0 Å². The molecule has 0 amide bonds. The Balaban J connectivity index is 1.75. The molecular weight excluding hydrogens is 364 g/mol. The SMILES string of the molecule is CCc1c(C)nc2cc(C3CCOCC3)nn2c1NC(C)c1ccccc1OC. The molecule has 154 valence electrons. The van der Waals surface area contributed by atoms with Gasteiger partial charge in [-0.3, -0.25) is 0 Å². The Morgan fingerprint density at radius 2 is 2.03 bits per heavy atom. The molecule has 2 aromatic heterocycles. The van der Waals surface area contributed by atoms with E-state index in [1.54, 1.807) is 7.11 Å². The zero-order chi connectivity index (χ0) is 20.4. The number of nitrogens with one attached hydrogen (secondary N) is 1. The third kappa shape index (κ3) is 3.81. The molecule has 1 unspecified atom stereocenters. The number of para-hydroxylation sites is 1. The minimum absolute atomic E-state index is 0.0668. The summed E-state index contributed by atoms with van der Waals surface area (Å²) in [6.07, 6.45) is 2.93. The number of methoxy groups -OCH3 is 1. The van der Waals surface area contributed by atoms with Gasteiger partial charge in [-0.2, -0.15) is 9.61 Å². The van der Waals surface area contributed by atoms with E-state index in [1.165, 1.54) is 5.56 Å². The first-order valence-corrected chi connectivity index (χ1v) is 10.5. The Kier molecular flexibility index (Phi) is 5.72. The summed E-state index contributed by atoms with van der Waals surface area (Å²) in [5, 5.41) is 8.69. The van der Waals surface area contributed by atoms with Gasteiger partial charge in [-0.25, -0.2) is 4.98 Å². The van der Waals surface area contributed by atoms with E-state index in [9.17, 15) is 0 Å². The van der Waals surface area contributed by atoms with Gasteiger partial charge in [0.2, 0.25) is 0 Å². The van der Waals surface area contributed by atoms with Crippen molar-refractivity contribution >= 4 is 11.5 Å². The summed E-state index contributed by atoms with van der Waals surface area (Å²) in [4.78, 5) is 4.84. The summed E-state index contributed by atoms with van der Waals surface area (Å²) in [6, 6.07) is 10.3. The summed E-state index contributed by atoms with van der Waals surface area (Å²) < 4.78 is 13.1. The van der Waals surface area contributed by atoms with Crippen LogP contribution in [0.4, 0.5) is 5.82 Å². The third-order valence-electron chi connectivity index (χ3n) is 5.88. The molecule has 1 N–H and O–H groups in total. The summed E-state index contributed by atoms with van der Waals surface area (Å²) in [6.45, 7) is 8.01. The van der Waals surface area contributed by atoms with Crippen LogP contribution in [0.15, 0.2) is 30.3 Å². The van der Waals surface area contributed by atoms with Gasteiger partial charge >= 0.3 is 0 Å². The molecule has 0 bridgehead atoms. The van der Waals surface area contributed by atoms with Gasteiger partial charge in [0.15, 0.2) is 5.65 Å². The van der Waals surface area contributed by atoms with Crippen molar-refractivity contribution < 1.29 is 9.47 Å². The molecule has 1 saturated heterocycles. The Morgan fingerprint density at radius 1 is 1.28 bits per heavy atom. The second-order valence-electron chi connectivity index (χ2n) is 7.71. The highest BCUT2D eigenvalue weighted by Crippen LogP contribution is 2.32.